The number of hydrogen-bond acceptors (Lipinski definition) is 4. The van der Waals surface area contributed by atoms with Gasteiger partial charge in [0.2, 0.25) is 0 Å². The molecule has 5 heteroatoms. The van der Waals surface area contributed by atoms with Gasteiger partial charge in [-0.2, -0.15) is 18.2 Å². The van der Waals surface area contributed by atoms with Gasteiger partial charge in [0.25, 0.3) is 0 Å². The molecule has 0 aliphatic carbocycles. The quantitative estimate of drug-likeness (QED) is 0.401. The van der Waals surface area contributed by atoms with Crippen LogP contribution in [0.5, 0.6) is 0 Å². The predicted octanol–water partition coefficient (Wildman–Crippen LogP) is 5.68. The fraction of sp³-hybridized carbons (Fsp3) is 0.700. The van der Waals surface area contributed by atoms with E-state index >= 15 is 0 Å². The largest absolute Gasteiger partial charge is 0.313 e. The number of hydroxylamine groups is 1. The molecular formula is C20H37NO3S. The maximum Gasteiger partial charge on any atom is 0.313 e. The Balaban J connectivity index is 0.000000609. The van der Waals surface area contributed by atoms with Crippen molar-refractivity contribution < 1.29 is 12.7 Å². The fourth-order valence-electron chi connectivity index (χ4n) is 2.35. The van der Waals surface area contributed by atoms with Crippen LogP contribution in [0.2, 0.25) is 0 Å². The number of hydrogen-bond donors (Lipinski definition) is 1. The molecular weight excluding hydrogens is 334 g/mol. The third-order valence-electron chi connectivity index (χ3n) is 3.86. The molecule has 0 fully saturated rings. The first kappa shape index (κ1) is 24.1. The van der Waals surface area contributed by atoms with Gasteiger partial charge in [0, 0.05) is 6.54 Å². The van der Waals surface area contributed by atoms with E-state index < -0.39 is 10.1 Å². The van der Waals surface area contributed by atoms with Crippen molar-refractivity contribution >= 4 is 10.1 Å². The van der Waals surface area contributed by atoms with Crippen molar-refractivity contribution in [3.8, 4) is 0 Å². The molecule has 0 aliphatic heterocycles. The third kappa shape index (κ3) is 11.3. The van der Waals surface area contributed by atoms with E-state index in [9.17, 15) is 8.42 Å². The van der Waals surface area contributed by atoms with Crippen LogP contribution in [0, 0.1) is 13.8 Å². The summed E-state index contributed by atoms with van der Waals surface area (Å²) in [4.78, 5) is 0.215. The highest BCUT2D eigenvalue weighted by Gasteiger charge is 2.17. The Hall–Kier alpha value is -0.910. The van der Waals surface area contributed by atoms with E-state index in [1.54, 1.807) is 19.1 Å². The number of benzene rings is 1. The van der Waals surface area contributed by atoms with Gasteiger partial charge in [0.05, 0.1) is 4.90 Å². The van der Waals surface area contributed by atoms with Gasteiger partial charge >= 0.3 is 10.1 Å². The van der Waals surface area contributed by atoms with Crippen LogP contribution in [-0.4, -0.2) is 15.0 Å². The summed E-state index contributed by atoms with van der Waals surface area (Å²) in [5.41, 5.74) is 4.20. The molecule has 0 aromatic heterocycles. The molecule has 1 rings (SSSR count). The molecule has 0 spiro atoms. The molecule has 0 aliphatic rings. The fourth-order valence-corrected chi connectivity index (χ4v) is 3.36. The molecule has 25 heavy (non-hydrogen) atoms. The van der Waals surface area contributed by atoms with Crippen molar-refractivity contribution in [1.29, 1.82) is 0 Å². The van der Waals surface area contributed by atoms with E-state index in [0.29, 0.717) is 12.1 Å². The molecule has 0 unspecified atom stereocenters. The van der Waals surface area contributed by atoms with Crippen LogP contribution in [0.15, 0.2) is 23.1 Å². The lowest BCUT2D eigenvalue weighted by atomic mass is 10.1. The van der Waals surface area contributed by atoms with Gasteiger partial charge in [-0.05, 0) is 31.9 Å². The minimum absolute atomic E-state index is 0.215. The molecule has 1 N–H and O–H groups in total. The predicted molar refractivity (Wildman–Crippen MR) is 106 cm³/mol. The Morgan fingerprint density at radius 1 is 0.880 bits per heavy atom. The number of nitrogens with one attached hydrogen (secondary N) is 1. The van der Waals surface area contributed by atoms with Crippen LogP contribution in [0.1, 0.15) is 83.3 Å². The van der Waals surface area contributed by atoms with E-state index in [4.69, 9.17) is 4.28 Å². The number of aryl methyl sites for hydroxylation is 2. The van der Waals surface area contributed by atoms with Gasteiger partial charge in [-0.15, -0.1) is 0 Å². The summed E-state index contributed by atoms with van der Waals surface area (Å²) in [5, 5.41) is 0. The first-order valence-corrected chi connectivity index (χ1v) is 11.0. The molecule has 1 aromatic carbocycles. The normalized spacial score (nSPS) is 11.1. The zero-order chi connectivity index (χ0) is 19.1. The van der Waals surface area contributed by atoms with Crippen LogP contribution >= 0.6 is 0 Å². The van der Waals surface area contributed by atoms with Gasteiger partial charge in [0.1, 0.15) is 0 Å². The van der Waals surface area contributed by atoms with Crippen LogP contribution in [0.3, 0.4) is 0 Å². The molecule has 1 aromatic rings. The monoisotopic (exact) mass is 371 g/mol. The molecule has 0 saturated carbocycles. The lowest BCUT2D eigenvalue weighted by Crippen LogP contribution is -2.21. The topological polar surface area (TPSA) is 55.4 Å². The highest BCUT2D eigenvalue weighted by molar-refractivity contribution is 7.86. The molecule has 146 valence electrons. The Bertz CT molecular complexity index is 550. The summed E-state index contributed by atoms with van der Waals surface area (Å²) < 4.78 is 28.4. The lowest BCUT2D eigenvalue weighted by molar-refractivity contribution is 0.202. The van der Waals surface area contributed by atoms with E-state index in [0.717, 1.165) is 18.4 Å². The van der Waals surface area contributed by atoms with Gasteiger partial charge in [-0.3, -0.25) is 0 Å². The summed E-state index contributed by atoms with van der Waals surface area (Å²) in [6.07, 6.45) is 10.4. The second-order valence-corrected chi connectivity index (χ2v) is 7.98. The van der Waals surface area contributed by atoms with Crippen molar-refractivity contribution in [3.63, 3.8) is 0 Å². The second-order valence-electron chi connectivity index (χ2n) is 6.47. The molecule has 0 atom stereocenters. The highest BCUT2D eigenvalue weighted by atomic mass is 32.2. The minimum atomic E-state index is -3.70. The summed E-state index contributed by atoms with van der Waals surface area (Å²) >= 11 is 0. The first-order chi connectivity index (χ1) is 11.9. The first-order valence-electron chi connectivity index (χ1n) is 9.62. The third-order valence-corrected chi connectivity index (χ3v) is 5.19. The Morgan fingerprint density at radius 2 is 1.44 bits per heavy atom. The van der Waals surface area contributed by atoms with Crippen molar-refractivity contribution in [2.45, 2.75) is 90.9 Å². The maximum atomic E-state index is 11.8. The maximum absolute atomic E-state index is 11.8. The molecule has 0 amide bonds. The SMILES string of the molecule is CCCCCCCC.CCCCNOS(=O)(=O)c1ccc(C)cc1C. The Labute approximate surface area is 155 Å². The standard InChI is InChI=1S/C12H19NO3S.C8H18/c1-4-5-8-13-16-17(14,15)12-7-6-10(2)9-11(12)3;1-3-5-7-8-6-4-2/h6-7,9,13H,4-5,8H2,1-3H3;3-8H2,1-2H3. The molecule has 4 nitrogen and oxygen atoms in total. The van der Waals surface area contributed by atoms with E-state index in [-0.39, 0.29) is 4.90 Å². The number of rotatable bonds is 11. The zero-order valence-electron chi connectivity index (χ0n) is 16.7. The van der Waals surface area contributed by atoms with Crippen LogP contribution < -0.4 is 5.48 Å². The van der Waals surface area contributed by atoms with Gasteiger partial charge in [0.15, 0.2) is 0 Å². The zero-order valence-corrected chi connectivity index (χ0v) is 17.5. The molecule has 0 saturated heterocycles. The smallest absolute Gasteiger partial charge is 0.192 e. The summed E-state index contributed by atoms with van der Waals surface area (Å²) in [7, 11) is -3.70. The summed E-state index contributed by atoms with van der Waals surface area (Å²) in [5.74, 6) is 0. The average molecular weight is 372 g/mol. The van der Waals surface area contributed by atoms with Crippen molar-refractivity contribution in [2.75, 3.05) is 6.54 Å². The minimum Gasteiger partial charge on any atom is -0.192 e. The second kappa shape index (κ2) is 14.3. The van der Waals surface area contributed by atoms with Crippen molar-refractivity contribution in [1.82, 2.24) is 5.48 Å². The molecule has 0 heterocycles. The van der Waals surface area contributed by atoms with Gasteiger partial charge < -0.3 is 0 Å². The van der Waals surface area contributed by atoms with Gasteiger partial charge in [-0.1, -0.05) is 83.4 Å². The average Bonchev–Trinajstić information content (AvgIpc) is 2.56. The molecule has 0 radical (unpaired) electrons. The Kier molecular flexibility index (Phi) is 13.8. The van der Waals surface area contributed by atoms with E-state index in [1.807, 2.05) is 19.9 Å². The number of unbranched alkanes of at least 4 members (excludes halogenated alkanes) is 6. The van der Waals surface area contributed by atoms with Gasteiger partial charge in [-0.25, -0.2) is 0 Å². The van der Waals surface area contributed by atoms with Crippen LogP contribution in [0.25, 0.3) is 0 Å². The van der Waals surface area contributed by atoms with Crippen LogP contribution in [-0.2, 0) is 14.4 Å². The lowest BCUT2D eigenvalue weighted by Gasteiger charge is -2.08. The van der Waals surface area contributed by atoms with E-state index in [1.165, 1.54) is 38.5 Å². The Morgan fingerprint density at radius 3 is 1.92 bits per heavy atom. The van der Waals surface area contributed by atoms with Crippen molar-refractivity contribution in [2.24, 2.45) is 0 Å². The van der Waals surface area contributed by atoms with E-state index in [2.05, 4.69) is 19.3 Å². The summed E-state index contributed by atoms with van der Waals surface area (Å²) in [6.45, 7) is 10.7. The highest BCUT2D eigenvalue weighted by Crippen LogP contribution is 2.17. The molecule has 0 bridgehead atoms. The van der Waals surface area contributed by atoms with Crippen molar-refractivity contribution in [3.05, 3.63) is 29.3 Å². The van der Waals surface area contributed by atoms with Crippen LogP contribution in [0.4, 0.5) is 0 Å². The summed E-state index contributed by atoms with van der Waals surface area (Å²) in [6, 6.07) is 5.15.